The number of halogens is 2. The van der Waals surface area contributed by atoms with Gasteiger partial charge in [-0.3, -0.25) is 9.59 Å². The minimum Gasteiger partial charge on any atom is -0.368 e. The Bertz CT molecular complexity index is 569. The van der Waals surface area contributed by atoms with E-state index in [2.05, 4.69) is 5.32 Å². The van der Waals surface area contributed by atoms with Crippen LogP contribution >= 0.6 is 0 Å². The van der Waals surface area contributed by atoms with E-state index < -0.39 is 35.4 Å². The number of nitriles is 1. The summed E-state index contributed by atoms with van der Waals surface area (Å²) in [5.41, 5.74) is 5.01. The molecule has 0 saturated carbocycles. The van der Waals surface area contributed by atoms with Crippen LogP contribution < -0.4 is 11.1 Å². The second-order valence-electron chi connectivity index (χ2n) is 4.32. The van der Waals surface area contributed by atoms with Gasteiger partial charge in [0, 0.05) is 12.0 Å². The maximum absolute atomic E-state index is 13.0. The van der Waals surface area contributed by atoms with E-state index in [1.165, 1.54) is 0 Å². The van der Waals surface area contributed by atoms with Crippen LogP contribution in [0, 0.1) is 28.9 Å². The monoisotopic (exact) mass is 281 g/mol. The molecule has 1 aromatic rings. The summed E-state index contributed by atoms with van der Waals surface area (Å²) in [6.45, 7) is 1.57. The SMILES string of the molecule is C[C@H](CC#N)[C@@H](NC(=O)c1ccc(F)c(F)c1)C(N)=O. The third-order valence-electron chi connectivity index (χ3n) is 2.76. The number of nitrogens with one attached hydrogen (secondary N) is 1. The number of nitrogens with two attached hydrogens (primary N) is 1. The second-order valence-corrected chi connectivity index (χ2v) is 4.32. The van der Waals surface area contributed by atoms with Gasteiger partial charge >= 0.3 is 0 Å². The van der Waals surface area contributed by atoms with Crippen LogP contribution in [-0.2, 0) is 4.79 Å². The highest BCUT2D eigenvalue weighted by Crippen LogP contribution is 2.11. The minimum absolute atomic E-state index is 0.0195. The van der Waals surface area contributed by atoms with Crippen molar-refractivity contribution in [3.63, 3.8) is 0 Å². The molecule has 0 bridgehead atoms. The van der Waals surface area contributed by atoms with Crippen molar-refractivity contribution >= 4 is 11.8 Å². The van der Waals surface area contributed by atoms with E-state index in [1.807, 2.05) is 6.07 Å². The van der Waals surface area contributed by atoms with Crippen LogP contribution in [0.5, 0.6) is 0 Å². The summed E-state index contributed by atoms with van der Waals surface area (Å²) in [4.78, 5) is 23.1. The molecule has 0 radical (unpaired) electrons. The maximum Gasteiger partial charge on any atom is 0.252 e. The van der Waals surface area contributed by atoms with E-state index in [-0.39, 0.29) is 12.0 Å². The van der Waals surface area contributed by atoms with Crippen LogP contribution in [0.25, 0.3) is 0 Å². The van der Waals surface area contributed by atoms with Gasteiger partial charge in [-0.1, -0.05) is 6.92 Å². The van der Waals surface area contributed by atoms with Crippen molar-refractivity contribution in [2.75, 3.05) is 0 Å². The highest BCUT2D eigenvalue weighted by molar-refractivity contribution is 5.97. The zero-order valence-electron chi connectivity index (χ0n) is 10.7. The molecule has 0 aromatic heterocycles. The van der Waals surface area contributed by atoms with Crippen molar-refractivity contribution < 1.29 is 18.4 Å². The molecule has 0 unspecified atom stereocenters. The van der Waals surface area contributed by atoms with E-state index in [9.17, 15) is 18.4 Å². The summed E-state index contributed by atoms with van der Waals surface area (Å²) in [7, 11) is 0. The van der Waals surface area contributed by atoms with Gasteiger partial charge in [-0.2, -0.15) is 5.26 Å². The van der Waals surface area contributed by atoms with E-state index in [0.717, 1.165) is 18.2 Å². The topological polar surface area (TPSA) is 96.0 Å². The maximum atomic E-state index is 13.0. The Labute approximate surface area is 114 Å². The number of carbonyl (C=O) groups is 2. The first-order chi connectivity index (χ1) is 9.36. The number of carbonyl (C=O) groups excluding carboxylic acids is 2. The van der Waals surface area contributed by atoms with E-state index in [4.69, 9.17) is 11.0 Å². The van der Waals surface area contributed by atoms with Gasteiger partial charge in [-0.25, -0.2) is 8.78 Å². The summed E-state index contributed by atoms with van der Waals surface area (Å²) < 4.78 is 25.8. The van der Waals surface area contributed by atoms with Gasteiger partial charge < -0.3 is 11.1 Å². The van der Waals surface area contributed by atoms with Gasteiger partial charge in [0.2, 0.25) is 5.91 Å². The summed E-state index contributed by atoms with van der Waals surface area (Å²) in [5, 5.41) is 10.9. The van der Waals surface area contributed by atoms with Crippen LogP contribution in [0.4, 0.5) is 8.78 Å². The van der Waals surface area contributed by atoms with E-state index >= 15 is 0 Å². The summed E-state index contributed by atoms with van der Waals surface area (Å²) in [6, 6.07) is 3.42. The Morgan fingerprint density at radius 1 is 1.40 bits per heavy atom. The van der Waals surface area contributed by atoms with Crippen molar-refractivity contribution in [3.05, 3.63) is 35.4 Å². The zero-order chi connectivity index (χ0) is 15.3. The fraction of sp³-hybridized carbons (Fsp3) is 0.308. The molecule has 0 saturated heterocycles. The number of benzene rings is 1. The van der Waals surface area contributed by atoms with E-state index in [1.54, 1.807) is 6.92 Å². The lowest BCUT2D eigenvalue weighted by Gasteiger charge is -2.20. The minimum atomic E-state index is -1.17. The molecule has 5 nitrogen and oxygen atoms in total. The van der Waals surface area contributed by atoms with Gasteiger partial charge in [0.15, 0.2) is 11.6 Å². The van der Waals surface area contributed by atoms with Crippen LogP contribution in [0.15, 0.2) is 18.2 Å². The molecular weight excluding hydrogens is 268 g/mol. The van der Waals surface area contributed by atoms with Gasteiger partial charge in [0.1, 0.15) is 6.04 Å². The first kappa shape index (κ1) is 15.6. The quantitative estimate of drug-likeness (QED) is 0.845. The van der Waals surface area contributed by atoms with Gasteiger partial charge in [0.25, 0.3) is 5.91 Å². The predicted molar refractivity (Wildman–Crippen MR) is 66.2 cm³/mol. The largest absolute Gasteiger partial charge is 0.368 e. The van der Waals surface area contributed by atoms with Crippen molar-refractivity contribution in [2.45, 2.75) is 19.4 Å². The second kappa shape index (κ2) is 6.61. The average molecular weight is 281 g/mol. The molecule has 0 spiro atoms. The third kappa shape index (κ3) is 3.75. The Kier molecular flexibility index (Phi) is 5.15. The molecule has 0 heterocycles. The molecule has 0 aliphatic carbocycles. The first-order valence-corrected chi connectivity index (χ1v) is 5.79. The lowest BCUT2D eigenvalue weighted by molar-refractivity contribution is -0.120. The summed E-state index contributed by atoms with van der Waals surface area (Å²) in [5.74, 6) is -4.31. The number of rotatable bonds is 5. The number of nitrogens with zero attached hydrogens (tertiary/aromatic N) is 1. The average Bonchev–Trinajstić information content (AvgIpc) is 2.38. The summed E-state index contributed by atoms with van der Waals surface area (Å²) in [6.07, 6.45) is 0.0195. The Morgan fingerprint density at radius 3 is 2.55 bits per heavy atom. The van der Waals surface area contributed by atoms with E-state index in [0.29, 0.717) is 0 Å². The van der Waals surface area contributed by atoms with Crippen LogP contribution in [-0.4, -0.2) is 17.9 Å². The predicted octanol–water partition coefficient (Wildman–Crippen LogP) is 1.10. The molecule has 2 amide bonds. The number of hydrogen-bond acceptors (Lipinski definition) is 3. The standard InChI is InChI=1S/C13H13F2N3O2/c1-7(4-5-16)11(12(17)19)18-13(20)8-2-3-9(14)10(15)6-8/h2-3,6-7,11H,4H2,1H3,(H2,17,19)(H,18,20)/t7-,11-/m1/s1. The fourth-order valence-corrected chi connectivity index (χ4v) is 1.62. The van der Waals surface area contributed by atoms with Crippen molar-refractivity contribution in [3.8, 4) is 6.07 Å². The van der Waals surface area contributed by atoms with Gasteiger partial charge in [0.05, 0.1) is 6.07 Å². The molecule has 20 heavy (non-hydrogen) atoms. The van der Waals surface area contributed by atoms with Crippen molar-refractivity contribution in [1.82, 2.24) is 5.32 Å². The summed E-state index contributed by atoms with van der Waals surface area (Å²) >= 11 is 0. The lowest BCUT2D eigenvalue weighted by atomic mass is 9.98. The molecule has 0 aliphatic heterocycles. The van der Waals surface area contributed by atoms with Crippen LogP contribution in [0.2, 0.25) is 0 Å². The Hall–Kier alpha value is -2.49. The molecular formula is C13H13F2N3O2. The first-order valence-electron chi connectivity index (χ1n) is 5.79. The number of amides is 2. The Morgan fingerprint density at radius 2 is 2.05 bits per heavy atom. The number of hydrogen-bond donors (Lipinski definition) is 2. The zero-order valence-corrected chi connectivity index (χ0v) is 10.7. The molecule has 1 rings (SSSR count). The fourth-order valence-electron chi connectivity index (χ4n) is 1.62. The molecule has 3 N–H and O–H groups in total. The highest BCUT2D eigenvalue weighted by Gasteiger charge is 2.25. The Balaban J connectivity index is 2.88. The van der Waals surface area contributed by atoms with Crippen LogP contribution in [0.3, 0.4) is 0 Å². The molecule has 106 valence electrons. The molecule has 1 aromatic carbocycles. The number of primary amides is 1. The van der Waals surface area contributed by atoms with Gasteiger partial charge in [-0.15, -0.1) is 0 Å². The smallest absolute Gasteiger partial charge is 0.252 e. The molecule has 0 fully saturated rings. The third-order valence-corrected chi connectivity index (χ3v) is 2.76. The lowest BCUT2D eigenvalue weighted by Crippen LogP contribution is -2.48. The van der Waals surface area contributed by atoms with Crippen molar-refractivity contribution in [1.29, 1.82) is 5.26 Å². The normalized spacial score (nSPS) is 13.1. The molecule has 2 atom stereocenters. The van der Waals surface area contributed by atoms with Crippen LogP contribution in [0.1, 0.15) is 23.7 Å². The molecule has 7 heteroatoms. The van der Waals surface area contributed by atoms with Gasteiger partial charge in [-0.05, 0) is 24.1 Å². The van der Waals surface area contributed by atoms with Crippen molar-refractivity contribution in [2.24, 2.45) is 11.7 Å². The highest BCUT2D eigenvalue weighted by atomic mass is 19.2. The molecule has 0 aliphatic rings.